The number of amides is 1. The average Bonchev–Trinajstić information content (AvgIpc) is 2.38. The predicted molar refractivity (Wildman–Crippen MR) is 72.3 cm³/mol. The number of carbonyl (C=O) groups excluding carboxylic acids is 1. The summed E-state index contributed by atoms with van der Waals surface area (Å²) in [7, 11) is 0. The van der Waals surface area contributed by atoms with E-state index in [4.69, 9.17) is 5.73 Å². The number of halogens is 3. The molecule has 0 saturated carbocycles. The fraction of sp³-hybridized carbons (Fsp3) is 0.500. The molecule has 0 spiro atoms. The first-order valence-corrected chi connectivity index (χ1v) is 6.33. The van der Waals surface area contributed by atoms with Gasteiger partial charge in [0.25, 0.3) is 0 Å². The van der Waals surface area contributed by atoms with Gasteiger partial charge >= 0.3 is 6.18 Å². The number of alkyl halides is 3. The average molecular weight is 288 g/mol. The summed E-state index contributed by atoms with van der Waals surface area (Å²) in [5.74, 6) is -0.370. The summed E-state index contributed by atoms with van der Waals surface area (Å²) in [6.45, 7) is 5.27. The van der Waals surface area contributed by atoms with Crippen LogP contribution >= 0.6 is 0 Å². The van der Waals surface area contributed by atoms with Crippen LogP contribution in [0, 0.1) is 12.3 Å². The van der Waals surface area contributed by atoms with Crippen molar-refractivity contribution in [3.8, 4) is 0 Å². The first-order chi connectivity index (χ1) is 9.14. The highest BCUT2D eigenvalue weighted by molar-refractivity contribution is 5.95. The van der Waals surface area contributed by atoms with Gasteiger partial charge < -0.3 is 11.1 Å². The molecule has 1 rings (SSSR count). The van der Waals surface area contributed by atoms with Gasteiger partial charge in [0.15, 0.2) is 0 Å². The van der Waals surface area contributed by atoms with Crippen LogP contribution in [-0.4, -0.2) is 12.5 Å². The third kappa shape index (κ3) is 3.50. The fourth-order valence-corrected chi connectivity index (χ4v) is 1.60. The van der Waals surface area contributed by atoms with E-state index in [1.807, 2.05) is 6.92 Å². The van der Waals surface area contributed by atoms with Crippen molar-refractivity contribution in [1.29, 1.82) is 0 Å². The quantitative estimate of drug-likeness (QED) is 0.893. The number of nitrogens with two attached hydrogens (primary N) is 1. The Labute approximate surface area is 116 Å². The van der Waals surface area contributed by atoms with Crippen LogP contribution in [0.2, 0.25) is 0 Å². The molecule has 3 nitrogen and oxygen atoms in total. The van der Waals surface area contributed by atoms with Gasteiger partial charge in [0.05, 0.1) is 11.0 Å². The third-order valence-electron chi connectivity index (χ3n) is 3.59. The van der Waals surface area contributed by atoms with Crippen molar-refractivity contribution < 1.29 is 18.0 Å². The minimum atomic E-state index is -4.44. The van der Waals surface area contributed by atoms with E-state index >= 15 is 0 Å². The second-order valence-corrected chi connectivity index (χ2v) is 5.10. The Morgan fingerprint density at radius 3 is 2.40 bits per heavy atom. The molecule has 1 aromatic carbocycles. The molecule has 0 heterocycles. The minimum absolute atomic E-state index is 0.132. The Balaban J connectivity index is 3.06. The number of aryl methyl sites for hydroxylation is 1. The Morgan fingerprint density at radius 2 is 1.95 bits per heavy atom. The van der Waals surface area contributed by atoms with Crippen molar-refractivity contribution in [3.05, 3.63) is 29.3 Å². The van der Waals surface area contributed by atoms with Gasteiger partial charge in [-0.1, -0.05) is 13.0 Å². The topological polar surface area (TPSA) is 55.1 Å². The van der Waals surface area contributed by atoms with Crippen LogP contribution in [0.3, 0.4) is 0 Å². The van der Waals surface area contributed by atoms with Gasteiger partial charge in [-0.05, 0) is 38.0 Å². The largest absolute Gasteiger partial charge is 0.416 e. The molecule has 0 bridgehead atoms. The zero-order valence-electron chi connectivity index (χ0n) is 11.8. The summed E-state index contributed by atoms with van der Waals surface area (Å²) in [5, 5.41) is 2.55. The second kappa shape index (κ2) is 5.83. The molecular weight excluding hydrogens is 269 g/mol. The van der Waals surface area contributed by atoms with Crippen LogP contribution < -0.4 is 11.1 Å². The number of nitrogens with one attached hydrogen (secondary N) is 1. The molecule has 112 valence electrons. The first-order valence-electron chi connectivity index (χ1n) is 6.33. The fourth-order valence-electron chi connectivity index (χ4n) is 1.60. The van der Waals surface area contributed by atoms with Crippen LogP contribution in [0.1, 0.15) is 31.4 Å². The van der Waals surface area contributed by atoms with Crippen LogP contribution in [0.5, 0.6) is 0 Å². The lowest BCUT2D eigenvalue weighted by Crippen LogP contribution is -2.39. The Bertz CT molecular complexity index is 494. The van der Waals surface area contributed by atoms with Crippen LogP contribution in [0.25, 0.3) is 0 Å². The van der Waals surface area contributed by atoms with E-state index in [1.54, 1.807) is 13.8 Å². The molecule has 6 heteroatoms. The number of anilines is 1. The molecule has 0 fully saturated rings. The first kappa shape index (κ1) is 16.5. The van der Waals surface area contributed by atoms with E-state index in [9.17, 15) is 18.0 Å². The maximum atomic E-state index is 12.7. The highest BCUT2D eigenvalue weighted by Crippen LogP contribution is 2.32. The Morgan fingerprint density at radius 1 is 1.35 bits per heavy atom. The molecule has 1 amide bonds. The van der Waals surface area contributed by atoms with Crippen LogP contribution in [0.4, 0.5) is 18.9 Å². The lowest BCUT2D eigenvalue weighted by Gasteiger charge is -2.25. The highest BCUT2D eigenvalue weighted by Gasteiger charge is 2.33. The normalized spacial score (nSPS) is 14.8. The van der Waals surface area contributed by atoms with Gasteiger partial charge in [-0.15, -0.1) is 0 Å². The maximum absolute atomic E-state index is 12.7. The van der Waals surface area contributed by atoms with Gasteiger partial charge in [0.2, 0.25) is 5.91 Å². The van der Waals surface area contributed by atoms with E-state index in [0.29, 0.717) is 12.0 Å². The van der Waals surface area contributed by atoms with E-state index in [1.165, 1.54) is 6.07 Å². The summed E-state index contributed by atoms with van der Waals surface area (Å²) >= 11 is 0. The van der Waals surface area contributed by atoms with E-state index in [2.05, 4.69) is 5.32 Å². The summed E-state index contributed by atoms with van der Waals surface area (Å²) in [6, 6.07) is 3.27. The molecule has 0 radical (unpaired) electrons. The van der Waals surface area contributed by atoms with Gasteiger partial charge in [0.1, 0.15) is 0 Å². The van der Waals surface area contributed by atoms with Crippen molar-refractivity contribution in [2.24, 2.45) is 11.1 Å². The van der Waals surface area contributed by atoms with Crippen molar-refractivity contribution >= 4 is 11.6 Å². The number of carbonyl (C=O) groups is 1. The van der Waals surface area contributed by atoms with Crippen molar-refractivity contribution in [1.82, 2.24) is 0 Å². The molecular formula is C14H19F3N2O. The van der Waals surface area contributed by atoms with E-state index < -0.39 is 17.2 Å². The standard InChI is InChI=1S/C14H19F3N2O/c1-4-13(3,8-18)12(20)19-11-7-10(14(15,16)17)6-5-9(11)2/h5-7H,4,8,18H2,1-3H3,(H,19,20). The number of rotatable bonds is 4. The number of benzene rings is 1. The number of hydrogen-bond acceptors (Lipinski definition) is 2. The SMILES string of the molecule is CCC(C)(CN)C(=O)Nc1cc(C(F)(F)F)ccc1C. The Hall–Kier alpha value is -1.56. The minimum Gasteiger partial charge on any atom is -0.329 e. The number of hydrogen-bond donors (Lipinski definition) is 2. The Kier molecular flexibility index (Phi) is 4.81. The molecule has 1 atom stereocenters. The van der Waals surface area contributed by atoms with E-state index in [-0.39, 0.29) is 18.1 Å². The van der Waals surface area contributed by atoms with Crippen molar-refractivity contribution in [3.63, 3.8) is 0 Å². The molecule has 0 aromatic heterocycles. The third-order valence-corrected chi connectivity index (χ3v) is 3.59. The lowest BCUT2D eigenvalue weighted by molar-refractivity contribution is -0.137. The molecule has 0 saturated heterocycles. The van der Waals surface area contributed by atoms with Gasteiger partial charge in [0, 0.05) is 12.2 Å². The van der Waals surface area contributed by atoms with Crippen molar-refractivity contribution in [2.75, 3.05) is 11.9 Å². The van der Waals surface area contributed by atoms with Crippen molar-refractivity contribution in [2.45, 2.75) is 33.4 Å². The molecule has 3 N–H and O–H groups in total. The molecule has 20 heavy (non-hydrogen) atoms. The molecule has 0 aliphatic heterocycles. The smallest absolute Gasteiger partial charge is 0.329 e. The zero-order chi connectivity index (χ0) is 15.6. The zero-order valence-corrected chi connectivity index (χ0v) is 11.8. The van der Waals surface area contributed by atoms with E-state index in [0.717, 1.165) is 12.1 Å². The van der Waals surface area contributed by atoms with Gasteiger partial charge in [-0.2, -0.15) is 13.2 Å². The van der Waals surface area contributed by atoms with Gasteiger partial charge in [-0.25, -0.2) is 0 Å². The molecule has 1 unspecified atom stereocenters. The second-order valence-electron chi connectivity index (χ2n) is 5.10. The summed E-state index contributed by atoms with van der Waals surface area (Å²) < 4.78 is 38.0. The summed E-state index contributed by atoms with van der Waals surface area (Å²) in [5.41, 5.74) is 4.73. The predicted octanol–water partition coefficient (Wildman–Crippen LogP) is 3.33. The monoisotopic (exact) mass is 288 g/mol. The lowest BCUT2D eigenvalue weighted by atomic mass is 9.86. The maximum Gasteiger partial charge on any atom is 0.416 e. The highest BCUT2D eigenvalue weighted by atomic mass is 19.4. The summed E-state index contributed by atoms with van der Waals surface area (Å²) in [4.78, 5) is 12.1. The molecule has 0 aliphatic carbocycles. The molecule has 0 aliphatic rings. The summed E-state index contributed by atoms with van der Waals surface area (Å²) in [6.07, 6.45) is -3.93. The van der Waals surface area contributed by atoms with Crippen LogP contribution in [0.15, 0.2) is 18.2 Å². The van der Waals surface area contributed by atoms with Crippen LogP contribution in [-0.2, 0) is 11.0 Å². The molecule has 1 aromatic rings. The van der Waals surface area contributed by atoms with Gasteiger partial charge in [-0.3, -0.25) is 4.79 Å².